The number of hydrogen-bond acceptors (Lipinski definition) is 6. The number of anilines is 1. The van der Waals surface area contributed by atoms with Crippen molar-refractivity contribution in [3.8, 4) is 0 Å². The van der Waals surface area contributed by atoms with Gasteiger partial charge in [-0.25, -0.2) is 0 Å². The number of aromatic nitrogens is 1. The molecule has 1 fully saturated rings. The molecule has 0 aliphatic carbocycles. The predicted octanol–water partition coefficient (Wildman–Crippen LogP) is 0.393. The van der Waals surface area contributed by atoms with Crippen LogP contribution in [0.15, 0.2) is 10.6 Å². The van der Waals surface area contributed by atoms with E-state index in [2.05, 4.69) is 15.4 Å². The van der Waals surface area contributed by atoms with E-state index in [0.717, 1.165) is 0 Å². The molecule has 2 N–H and O–H groups in total. The second-order valence-corrected chi connectivity index (χ2v) is 5.10. The number of aliphatic hydroxyl groups excluding tert-OH is 1. The zero-order valence-electron chi connectivity index (χ0n) is 11.8. The van der Waals surface area contributed by atoms with E-state index >= 15 is 0 Å². The van der Waals surface area contributed by atoms with Crippen molar-refractivity contribution in [1.29, 1.82) is 0 Å². The number of carbonyl (C=O) groups excluding carboxylic acids is 1. The molecule has 2 heterocycles. The van der Waals surface area contributed by atoms with Gasteiger partial charge in [0.1, 0.15) is 5.76 Å². The Morgan fingerprint density at radius 1 is 1.65 bits per heavy atom. The fourth-order valence-corrected chi connectivity index (χ4v) is 2.17. The first-order valence-corrected chi connectivity index (χ1v) is 6.78. The second kappa shape index (κ2) is 6.83. The van der Waals surface area contributed by atoms with E-state index in [1.165, 1.54) is 0 Å². The summed E-state index contributed by atoms with van der Waals surface area (Å²) in [6.45, 7) is 5.68. The van der Waals surface area contributed by atoms with Crippen LogP contribution in [0.2, 0.25) is 0 Å². The molecule has 7 nitrogen and oxygen atoms in total. The van der Waals surface area contributed by atoms with E-state index in [1.807, 2.05) is 6.92 Å². The lowest BCUT2D eigenvalue weighted by molar-refractivity contribution is -0.118. The van der Waals surface area contributed by atoms with Crippen LogP contribution in [0.5, 0.6) is 0 Å². The number of ether oxygens (including phenoxy) is 1. The quantitative estimate of drug-likeness (QED) is 0.813. The van der Waals surface area contributed by atoms with Gasteiger partial charge in [0.2, 0.25) is 5.91 Å². The maximum Gasteiger partial charge on any atom is 0.226 e. The highest BCUT2D eigenvalue weighted by Crippen LogP contribution is 2.12. The van der Waals surface area contributed by atoms with Crippen molar-refractivity contribution in [2.45, 2.75) is 32.4 Å². The Hall–Kier alpha value is -1.44. The van der Waals surface area contributed by atoms with Gasteiger partial charge in [0.25, 0.3) is 0 Å². The van der Waals surface area contributed by atoms with Gasteiger partial charge < -0.3 is 19.7 Å². The molecule has 0 aromatic carbocycles. The van der Waals surface area contributed by atoms with E-state index in [-0.39, 0.29) is 24.7 Å². The lowest BCUT2D eigenvalue weighted by Crippen LogP contribution is -2.50. The highest BCUT2D eigenvalue weighted by Gasteiger charge is 2.25. The van der Waals surface area contributed by atoms with Crippen molar-refractivity contribution in [2.75, 3.05) is 31.6 Å². The molecule has 1 aromatic heterocycles. The minimum absolute atomic E-state index is 0.00757. The fourth-order valence-electron chi connectivity index (χ4n) is 2.17. The molecule has 0 spiro atoms. The summed E-state index contributed by atoms with van der Waals surface area (Å²) in [4.78, 5) is 14.0. The molecule has 112 valence electrons. The molecule has 2 rings (SSSR count). The average molecular weight is 283 g/mol. The van der Waals surface area contributed by atoms with Crippen LogP contribution in [0, 0.1) is 6.92 Å². The predicted molar refractivity (Wildman–Crippen MR) is 72.3 cm³/mol. The summed E-state index contributed by atoms with van der Waals surface area (Å²) in [5, 5.41) is 15.5. The first-order chi connectivity index (χ1) is 9.58. The minimum Gasteiger partial charge on any atom is -0.394 e. The Morgan fingerprint density at radius 2 is 2.45 bits per heavy atom. The minimum atomic E-state index is -0.160. The standard InChI is InChI=1S/C13H21N3O4/c1-9-8-19-11(7-17)6-16(9)4-3-13(18)14-12-5-10(2)20-15-12/h5,9,11,17H,3-4,6-8H2,1-2H3,(H,14,15,18). The van der Waals surface area contributed by atoms with Gasteiger partial charge in [-0.1, -0.05) is 5.16 Å². The maximum atomic E-state index is 11.8. The summed E-state index contributed by atoms with van der Waals surface area (Å²) in [5.41, 5.74) is 0. The van der Waals surface area contributed by atoms with E-state index in [1.54, 1.807) is 13.0 Å². The van der Waals surface area contributed by atoms with Crippen molar-refractivity contribution in [2.24, 2.45) is 0 Å². The first kappa shape index (κ1) is 15.0. The molecule has 0 radical (unpaired) electrons. The number of nitrogens with zero attached hydrogens (tertiary/aromatic N) is 2. The van der Waals surface area contributed by atoms with Gasteiger partial charge in [0, 0.05) is 31.6 Å². The normalized spacial score (nSPS) is 23.8. The van der Waals surface area contributed by atoms with Crippen LogP contribution in [0.4, 0.5) is 5.82 Å². The number of amides is 1. The third kappa shape index (κ3) is 4.03. The second-order valence-electron chi connectivity index (χ2n) is 5.10. The first-order valence-electron chi connectivity index (χ1n) is 6.78. The van der Waals surface area contributed by atoms with Crippen LogP contribution in [-0.4, -0.2) is 59.5 Å². The molecule has 0 bridgehead atoms. The molecule has 1 aliphatic rings. The van der Waals surface area contributed by atoms with E-state index < -0.39 is 0 Å². The monoisotopic (exact) mass is 283 g/mol. The van der Waals surface area contributed by atoms with Gasteiger partial charge in [-0.15, -0.1) is 0 Å². The molecular weight excluding hydrogens is 262 g/mol. The molecule has 1 aliphatic heterocycles. The highest BCUT2D eigenvalue weighted by molar-refractivity contribution is 5.89. The van der Waals surface area contributed by atoms with Crippen LogP contribution in [0.3, 0.4) is 0 Å². The summed E-state index contributed by atoms with van der Waals surface area (Å²) in [6.07, 6.45) is 0.210. The van der Waals surface area contributed by atoms with Crippen LogP contribution < -0.4 is 5.32 Å². The number of hydrogen-bond donors (Lipinski definition) is 2. The van der Waals surface area contributed by atoms with Crippen LogP contribution in [0.25, 0.3) is 0 Å². The van der Waals surface area contributed by atoms with Gasteiger partial charge in [-0.3, -0.25) is 9.69 Å². The van der Waals surface area contributed by atoms with Gasteiger partial charge in [0.05, 0.1) is 19.3 Å². The molecular formula is C13H21N3O4. The van der Waals surface area contributed by atoms with Gasteiger partial charge in [-0.2, -0.15) is 0 Å². The van der Waals surface area contributed by atoms with Crippen LogP contribution >= 0.6 is 0 Å². The summed E-state index contributed by atoms with van der Waals surface area (Å²) >= 11 is 0. The van der Waals surface area contributed by atoms with Gasteiger partial charge in [-0.05, 0) is 13.8 Å². The van der Waals surface area contributed by atoms with Gasteiger partial charge >= 0.3 is 0 Å². The Labute approximate surface area is 117 Å². The number of aryl methyl sites for hydroxylation is 1. The molecule has 20 heavy (non-hydrogen) atoms. The topological polar surface area (TPSA) is 87.8 Å². The summed E-state index contributed by atoms with van der Waals surface area (Å²) in [5.74, 6) is 1.00. The number of carbonyl (C=O) groups is 1. The van der Waals surface area contributed by atoms with Gasteiger partial charge in [0.15, 0.2) is 5.82 Å². The van der Waals surface area contributed by atoms with E-state index in [0.29, 0.717) is 37.7 Å². The largest absolute Gasteiger partial charge is 0.394 e. The SMILES string of the molecule is Cc1cc(NC(=O)CCN2CC(CO)OCC2C)no1. The van der Waals surface area contributed by atoms with Crippen molar-refractivity contribution >= 4 is 11.7 Å². The molecule has 7 heteroatoms. The molecule has 2 atom stereocenters. The third-order valence-electron chi connectivity index (χ3n) is 3.36. The van der Waals surface area contributed by atoms with Crippen LogP contribution in [-0.2, 0) is 9.53 Å². The zero-order valence-corrected chi connectivity index (χ0v) is 11.8. The van der Waals surface area contributed by atoms with E-state index in [9.17, 15) is 4.79 Å². The zero-order chi connectivity index (χ0) is 14.5. The smallest absolute Gasteiger partial charge is 0.226 e. The lowest BCUT2D eigenvalue weighted by Gasteiger charge is -2.37. The molecule has 1 saturated heterocycles. The molecule has 1 aromatic rings. The number of rotatable bonds is 5. The third-order valence-corrected chi connectivity index (χ3v) is 3.36. The Balaban J connectivity index is 1.77. The number of aliphatic hydroxyl groups is 1. The number of nitrogens with one attached hydrogen (secondary N) is 1. The average Bonchev–Trinajstić information content (AvgIpc) is 2.83. The molecule has 2 unspecified atom stereocenters. The fraction of sp³-hybridized carbons (Fsp3) is 0.692. The maximum absolute atomic E-state index is 11.8. The summed E-state index contributed by atoms with van der Waals surface area (Å²) < 4.78 is 10.3. The van der Waals surface area contributed by atoms with Crippen molar-refractivity contribution in [3.63, 3.8) is 0 Å². The molecule has 0 saturated carbocycles. The van der Waals surface area contributed by atoms with E-state index in [4.69, 9.17) is 14.4 Å². The Bertz CT molecular complexity index is 449. The van der Waals surface area contributed by atoms with Crippen molar-refractivity contribution < 1.29 is 19.2 Å². The van der Waals surface area contributed by atoms with Crippen molar-refractivity contribution in [3.05, 3.63) is 11.8 Å². The number of morpholine rings is 1. The Morgan fingerprint density at radius 3 is 3.10 bits per heavy atom. The summed E-state index contributed by atoms with van der Waals surface area (Å²) in [6, 6.07) is 1.93. The van der Waals surface area contributed by atoms with Crippen LogP contribution in [0.1, 0.15) is 19.1 Å². The highest BCUT2D eigenvalue weighted by atomic mass is 16.5. The van der Waals surface area contributed by atoms with Crippen molar-refractivity contribution in [1.82, 2.24) is 10.1 Å². The molecule has 1 amide bonds. The summed E-state index contributed by atoms with van der Waals surface area (Å²) in [7, 11) is 0. The lowest BCUT2D eigenvalue weighted by atomic mass is 10.2. The Kier molecular flexibility index (Phi) is 5.11.